The van der Waals surface area contributed by atoms with Crippen molar-refractivity contribution in [2.45, 2.75) is 26.1 Å². The van der Waals surface area contributed by atoms with Crippen LogP contribution < -0.4 is 21.9 Å². The minimum absolute atomic E-state index is 0.0762. The molecular weight excluding hydrogens is 321 g/mol. The Bertz CT molecular complexity index is 680. The number of nitrogens with two attached hydrogens (primary N) is 1. The fourth-order valence-electron chi connectivity index (χ4n) is 1.93. The average Bonchev–Trinajstić information content (AvgIpc) is 2.45. The third-order valence-electron chi connectivity index (χ3n) is 2.94. The lowest BCUT2D eigenvalue weighted by molar-refractivity contribution is -0.170. The second kappa shape index (κ2) is 7.31. The Morgan fingerprint density at radius 3 is 2.48 bits per heavy atom. The third kappa shape index (κ3) is 4.12. The van der Waals surface area contributed by atoms with Crippen molar-refractivity contribution in [3.63, 3.8) is 0 Å². The highest BCUT2D eigenvalue weighted by atomic mass is 19.4. The zero-order valence-corrected chi connectivity index (χ0v) is 12.6. The Morgan fingerprint density at radius 2 is 2.00 bits per heavy atom. The number of halogens is 3. The Labute approximate surface area is 128 Å². The van der Waals surface area contributed by atoms with Gasteiger partial charge in [0.25, 0.3) is 5.56 Å². The molecule has 1 amide bonds. The predicted molar refractivity (Wildman–Crippen MR) is 76.3 cm³/mol. The Morgan fingerprint density at radius 1 is 1.39 bits per heavy atom. The Hall–Kier alpha value is -2.30. The zero-order valence-electron chi connectivity index (χ0n) is 12.6. The second-order valence-corrected chi connectivity index (χ2v) is 4.59. The van der Waals surface area contributed by atoms with E-state index in [1.807, 2.05) is 4.98 Å². The van der Waals surface area contributed by atoms with Crippen LogP contribution in [0.5, 0.6) is 0 Å². The standard InChI is InChI=1S/C12H17F3N4O4/c1-3-4-19-8(16)7(9(20)17-11(19)22)18(5-6-23-2)10(21)12(13,14)15/h3-6,16H2,1-2H3,(H,17,20,22). The third-order valence-corrected chi connectivity index (χ3v) is 2.94. The zero-order chi connectivity index (χ0) is 17.8. The second-order valence-electron chi connectivity index (χ2n) is 4.59. The maximum atomic E-state index is 12.7. The number of rotatable bonds is 6. The van der Waals surface area contributed by atoms with E-state index in [-0.39, 0.29) is 18.1 Å². The summed E-state index contributed by atoms with van der Waals surface area (Å²) in [5.41, 5.74) is 2.91. The van der Waals surface area contributed by atoms with Gasteiger partial charge in [0.15, 0.2) is 5.69 Å². The van der Waals surface area contributed by atoms with Gasteiger partial charge in [0.05, 0.1) is 6.61 Å². The largest absolute Gasteiger partial charge is 0.471 e. The van der Waals surface area contributed by atoms with Crippen LogP contribution in [0.2, 0.25) is 0 Å². The van der Waals surface area contributed by atoms with Gasteiger partial charge < -0.3 is 10.5 Å². The molecule has 0 saturated carbocycles. The molecule has 0 unspecified atom stereocenters. The maximum Gasteiger partial charge on any atom is 0.471 e. The molecule has 1 aromatic heterocycles. The SMILES string of the molecule is CCCn1c(N)c(N(CCOC)C(=O)C(F)(F)F)c(=O)[nH]c1=O. The number of hydrogen-bond acceptors (Lipinski definition) is 5. The molecule has 0 aliphatic rings. The first-order chi connectivity index (χ1) is 10.6. The molecule has 0 saturated heterocycles. The molecule has 1 rings (SSSR count). The summed E-state index contributed by atoms with van der Waals surface area (Å²) in [5.74, 6) is -2.78. The van der Waals surface area contributed by atoms with Gasteiger partial charge in [-0.3, -0.25) is 24.0 Å². The number of alkyl halides is 3. The number of carbonyl (C=O) groups is 1. The molecule has 8 nitrogen and oxygen atoms in total. The number of nitrogens with zero attached hydrogens (tertiary/aromatic N) is 2. The van der Waals surface area contributed by atoms with Crippen molar-refractivity contribution in [1.29, 1.82) is 0 Å². The topological polar surface area (TPSA) is 110 Å². The van der Waals surface area contributed by atoms with Crippen molar-refractivity contribution in [3.05, 3.63) is 20.8 Å². The fraction of sp³-hybridized carbons (Fsp3) is 0.583. The van der Waals surface area contributed by atoms with E-state index in [1.54, 1.807) is 6.92 Å². The predicted octanol–water partition coefficient (Wildman–Crippen LogP) is 0.0705. The van der Waals surface area contributed by atoms with Crippen LogP contribution in [0, 0.1) is 0 Å². The molecule has 0 fully saturated rings. The van der Waals surface area contributed by atoms with Gasteiger partial charge in [-0.15, -0.1) is 0 Å². The van der Waals surface area contributed by atoms with Gasteiger partial charge in [-0.05, 0) is 6.42 Å². The van der Waals surface area contributed by atoms with Crippen molar-refractivity contribution < 1.29 is 22.7 Å². The van der Waals surface area contributed by atoms with E-state index >= 15 is 0 Å². The van der Waals surface area contributed by atoms with Crippen LogP contribution in [0.15, 0.2) is 9.59 Å². The quantitative estimate of drug-likeness (QED) is 0.763. The number of aromatic nitrogens is 2. The van der Waals surface area contributed by atoms with Crippen LogP contribution in [0.25, 0.3) is 0 Å². The molecule has 1 heterocycles. The molecule has 0 aliphatic heterocycles. The molecule has 0 aliphatic carbocycles. The van der Waals surface area contributed by atoms with Crippen LogP contribution in [-0.2, 0) is 16.1 Å². The van der Waals surface area contributed by atoms with E-state index in [0.29, 0.717) is 6.42 Å². The first-order valence-electron chi connectivity index (χ1n) is 6.65. The summed E-state index contributed by atoms with van der Waals surface area (Å²) in [7, 11) is 1.22. The number of nitrogen functional groups attached to an aromatic ring is 1. The van der Waals surface area contributed by atoms with Crippen molar-refractivity contribution >= 4 is 17.4 Å². The summed E-state index contributed by atoms with van der Waals surface area (Å²) in [5, 5.41) is 0. The number of anilines is 2. The van der Waals surface area contributed by atoms with E-state index in [9.17, 15) is 27.6 Å². The highest BCUT2D eigenvalue weighted by Crippen LogP contribution is 2.24. The summed E-state index contributed by atoms with van der Waals surface area (Å²) in [4.78, 5) is 37.2. The monoisotopic (exact) mass is 338 g/mol. The van der Waals surface area contributed by atoms with E-state index in [4.69, 9.17) is 5.73 Å². The van der Waals surface area contributed by atoms with E-state index in [2.05, 4.69) is 4.74 Å². The van der Waals surface area contributed by atoms with Crippen LogP contribution in [-0.4, -0.2) is 41.9 Å². The van der Waals surface area contributed by atoms with Crippen LogP contribution in [0.1, 0.15) is 13.3 Å². The summed E-state index contributed by atoms with van der Waals surface area (Å²) >= 11 is 0. The number of H-pyrrole nitrogens is 1. The number of hydrogen-bond donors (Lipinski definition) is 2. The van der Waals surface area contributed by atoms with Gasteiger partial charge in [0.2, 0.25) is 0 Å². The lowest BCUT2D eigenvalue weighted by Gasteiger charge is -2.24. The summed E-state index contributed by atoms with van der Waals surface area (Å²) < 4.78 is 43.8. The normalized spacial score (nSPS) is 11.5. The fourth-order valence-corrected chi connectivity index (χ4v) is 1.93. The first-order valence-corrected chi connectivity index (χ1v) is 6.65. The number of ether oxygens (including phenoxy) is 1. The Kier molecular flexibility index (Phi) is 5.96. The van der Waals surface area contributed by atoms with E-state index < -0.39 is 41.4 Å². The number of amides is 1. The van der Waals surface area contributed by atoms with Crippen LogP contribution in [0.3, 0.4) is 0 Å². The van der Waals surface area contributed by atoms with Gasteiger partial charge in [-0.2, -0.15) is 13.2 Å². The lowest BCUT2D eigenvalue weighted by atomic mass is 10.3. The first kappa shape index (κ1) is 18.7. The van der Waals surface area contributed by atoms with E-state index in [1.165, 1.54) is 7.11 Å². The number of methoxy groups -OCH3 is 1. The van der Waals surface area contributed by atoms with Gasteiger partial charge in [-0.1, -0.05) is 6.92 Å². The minimum atomic E-state index is -5.21. The summed E-state index contributed by atoms with van der Waals surface area (Å²) in [6.45, 7) is 0.979. The molecule has 1 aromatic rings. The number of aromatic amines is 1. The molecule has 0 bridgehead atoms. The maximum absolute atomic E-state index is 12.7. The molecular formula is C12H17F3N4O4. The average molecular weight is 338 g/mol. The molecule has 11 heteroatoms. The Balaban J connectivity index is 3.53. The summed E-state index contributed by atoms with van der Waals surface area (Å²) in [6.07, 6.45) is -4.76. The molecule has 0 aromatic carbocycles. The number of nitrogens with one attached hydrogen (secondary N) is 1. The molecule has 23 heavy (non-hydrogen) atoms. The smallest absolute Gasteiger partial charge is 0.383 e. The highest BCUT2D eigenvalue weighted by molar-refractivity contribution is 5.99. The number of carbonyl (C=O) groups excluding carboxylic acids is 1. The molecule has 0 atom stereocenters. The summed E-state index contributed by atoms with van der Waals surface area (Å²) in [6, 6.07) is 0. The molecule has 3 N–H and O–H groups in total. The van der Waals surface area contributed by atoms with Gasteiger partial charge in [0, 0.05) is 20.2 Å². The van der Waals surface area contributed by atoms with Gasteiger partial charge in [0.1, 0.15) is 5.82 Å². The van der Waals surface area contributed by atoms with Gasteiger partial charge >= 0.3 is 17.8 Å². The molecule has 130 valence electrons. The molecule has 0 spiro atoms. The molecule has 0 radical (unpaired) electrons. The van der Waals surface area contributed by atoms with Crippen LogP contribution in [0.4, 0.5) is 24.7 Å². The minimum Gasteiger partial charge on any atom is -0.383 e. The van der Waals surface area contributed by atoms with Crippen molar-refractivity contribution in [2.24, 2.45) is 0 Å². The van der Waals surface area contributed by atoms with Crippen molar-refractivity contribution in [1.82, 2.24) is 9.55 Å². The van der Waals surface area contributed by atoms with Gasteiger partial charge in [-0.25, -0.2) is 4.79 Å². The van der Waals surface area contributed by atoms with Crippen molar-refractivity contribution in [2.75, 3.05) is 30.9 Å². The highest BCUT2D eigenvalue weighted by Gasteiger charge is 2.44. The van der Waals surface area contributed by atoms with E-state index in [0.717, 1.165) is 4.57 Å². The van der Waals surface area contributed by atoms with Crippen LogP contribution >= 0.6 is 0 Å². The van der Waals surface area contributed by atoms with Crippen molar-refractivity contribution in [3.8, 4) is 0 Å². The lowest BCUT2D eigenvalue weighted by Crippen LogP contribution is -2.47.